The van der Waals surface area contributed by atoms with Gasteiger partial charge in [0.2, 0.25) is 0 Å². The molecule has 0 saturated carbocycles. The Morgan fingerprint density at radius 2 is 0.333 bits per heavy atom. The van der Waals surface area contributed by atoms with Crippen molar-refractivity contribution in [2.45, 2.75) is 125 Å². The molecule has 12 aromatic carbocycles. The van der Waals surface area contributed by atoms with E-state index in [2.05, 4.69) is 321 Å². The monoisotopic (exact) mass is 1240 g/mol. The first kappa shape index (κ1) is 61.1. The molecule has 4 heterocycles. The van der Waals surface area contributed by atoms with Gasteiger partial charge in [-0.1, -0.05) is 161 Å². The molecule has 12 aromatic rings. The number of benzene rings is 12. The normalized spacial score (nSPS) is 13.2. The van der Waals surface area contributed by atoms with Crippen LogP contribution >= 0.6 is 0 Å². The number of hydrogen-bond acceptors (Lipinski definition) is 3. The second-order valence-corrected chi connectivity index (χ2v) is 29.6. The van der Waals surface area contributed by atoms with Crippen molar-refractivity contribution in [1.29, 1.82) is 0 Å². The maximum absolute atomic E-state index is 2.87. The van der Waals surface area contributed by atoms with E-state index in [1.54, 1.807) is 0 Å². The van der Waals surface area contributed by atoms with Crippen molar-refractivity contribution in [1.82, 2.24) is 0 Å². The lowest BCUT2D eigenvalue weighted by atomic mass is 9.33. The minimum atomic E-state index is -0.267. The summed E-state index contributed by atoms with van der Waals surface area (Å²) in [6, 6.07) is 73.5. The van der Waals surface area contributed by atoms with Crippen LogP contribution in [0.5, 0.6) is 0 Å². The van der Waals surface area contributed by atoms with Crippen LogP contribution in [0.15, 0.2) is 182 Å². The molecule has 0 radical (unpaired) electrons. The molecule has 0 amide bonds. The summed E-state index contributed by atoms with van der Waals surface area (Å²) in [5, 5.41) is 0. The number of nitrogens with zero attached hydrogens (tertiary/aromatic N) is 3. The fourth-order valence-corrected chi connectivity index (χ4v) is 19.2. The molecule has 0 aliphatic carbocycles. The molecule has 96 heavy (non-hydrogen) atoms. The molecule has 0 bridgehead atoms. The highest BCUT2D eigenvalue weighted by Crippen LogP contribution is 2.53. The highest BCUT2D eigenvalue weighted by Gasteiger charge is 2.61. The summed E-state index contributed by atoms with van der Waals surface area (Å²) in [6.45, 7) is 40.1. The van der Waals surface area contributed by atoms with Crippen LogP contribution in [0.3, 0.4) is 0 Å². The summed E-state index contributed by atoms with van der Waals surface area (Å²) in [6.07, 6.45) is 0. The molecule has 4 aliphatic rings. The van der Waals surface area contributed by atoms with Gasteiger partial charge in [-0.25, -0.2) is 0 Å². The van der Waals surface area contributed by atoms with Gasteiger partial charge in [0.25, 0.3) is 0 Å². The summed E-state index contributed by atoms with van der Waals surface area (Å²) in [5.41, 5.74) is 53.8. The Morgan fingerprint density at radius 3 is 0.510 bits per heavy atom. The minimum Gasteiger partial charge on any atom is -0.416 e. The zero-order valence-electron chi connectivity index (χ0n) is 59.4. The van der Waals surface area contributed by atoms with E-state index in [0.717, 1.165) is 0 Å². The van der Waals surface area contributed by atoms with Crippen LogP contribution in [0.25, 0.3) is 100 Å². The molecule has 6 heteroatoms. The molecule has 1 fully saturated rings. The van der Waals surface area contributed by atoms with E-state index in [1.807, 2.05) is 0 Å². The third-order valence-corrected chi connectivity index (χ3v) is 22.1. The number of fused-ring (bicyclic) bond motifs is 21. The van der Waals surface area contributed by atoms with Gasteiger partial charge in [-0.15, -0.1) is 0 Å². The first-order valence-corrected chi connectivity index (χ1v) is 34.7. The van der Waals surface area contributed by atoms with Crippen LogP contribution in [0.1, 0.15) is 100 Å². The van der Waals surface area contributed by atoms with E-state index in [4.69, 9.17) is 0 Å². The molecule has 1 saturated heterocycles. The van der Waals surface area contributed by atoms with Crippen LogP contribution in [0.4, 0.5) is 17.1 Å². The average Bonchev–Trinajstić information content (AvgIpc) is 0.673. The number of rotatable bonds is 6. The van der Waals surface area contributed by atoms with Crippen molar-refractivity contribution < 1.29 is 0 Å². The summed E-state index contributed by atoms with van der Waals surface area (Å²) in [7, 11) is 0. The fourth-order valence-electron chi connectivity index (χ4n) is 19.2. The van der Waals surface area contributed by atoms with Gasteiger partial charge in [0.1, 0.15) is 0 Å². The topological polar surface area (TPSA) is 9.72 Å². The molecule has 0 aromatic heterocycles. The van der Waals surface area contributed by atoms with Gasteiger partial charge < -0.3 is 14.2 Å². The summed E-state index contributed by atoms with van der Waals surface area (Å²) in [5.74, 6) is 0. The lowest BCUT2D eigenvalue weighted by Gasteiger charge is -2.61. The predicted molar refractivity (Wildman–Crippen MR) is 417 cm³/mol. The standard InChI is InChI=1S/C90H84B3N3/c1-49-31-55(7)85(56(8)32-49)67-19-25-79-73(43-67)76-46-70(88-61(13)37-52(4)38-62(88)14)22-28-82(76)94-91(79)95-83-29-23-71(89-63(15)39-53(5)40-64(89)16)47-77(83)74-44-69(87-59(11)35-51(3)36-60(87)12)21-27-81(74)93(95)96-84-30-24-72(90-65(17)41-54(6)42-66(90)18)48-78(84)75-45-68(20-26-80(75)92(94)96)86-57(9)33-50(2)34-58(86)10/h19-48H,1-18H3. The summed E-state index contributed by atoms with van der Waals surface area (Å²) < 4.78 is 8.60. The van der Waals surface area contributed by atoms with E-state index < -0.39 is 0 Å². The maximum Gasteiger partial charge on any atom is 0.389 e. The van der Waals surface area contributed by atoms with Crippen molar-refractivity contribution in [2.75, 3.05) is 14.2 Å². The van der Waals surface area contributed by atoms with Crippen molar-refractivity contribution in [2.24, 2.45) is 0 Å². The van der Waals surface area contributed by atoms with Gasteiger partial charge in [-0.3, -0.25) is 0 Å². The van der Waals surface area contributed by atoms with E-state index in [-0.39, 0.29) is 20.9 Å². The van der Waals surface area contributed by atoms with Crippen molar-refractivity contribution >= 4 is 54.4 Å². The Hall–Kier alpha value is -9.77. The van der Waals surface area contributed by atoms with Gasteiger partial charge >= 0.3 is 20.9 Å². The predicted octanol–water partition coefficient (Wildman–Crippen LogP) is 21.2. The zero-order valence-corrected chi connectivity index (χ0v) is 59.4. The van der Waals surface area contributed by atoms with Crippen molar-refractivity contribution in [3.05, 3.63) is 282 Å². The van der Waals surface area contributed by atoms with Crippen molar-refractivity contribution in [3.63, 3.8) is 0 Å². The smallest absolute Gasteiger partial charge is 0.389 e. The number of hydrogen-bond donors (Lipinski definition) is 0. The first-order valence-electron chi connectivity index (χ1n) is 34.7. The zero-order chi connectivity index (χ0) is 66.9. The van der Waals surface area contributed by atoms with Gasteiger partial charge in [0.05, 0.1) is 0 Å². The third kappa shape index (κ3) is 9.47. The second kappa shape index (κ2) is 22.4. The molecular formula is C90H84B3N3. The number of aryl methyl sites for hydroxylation is 18. The van der Waals surface area contributed by atoms with Crippen LogP contribution in [-0.4, -0.2) is 20.9 Å². The minimum absolute atomic E-state index is 0.267. The summed E-state index contributed by atoms with van der Waals surface area (Å²) in [4.78, 5) is 0. The quantitative estimate of drug-likeness (QED) is 0.154. The third-order valence-electron chi connectivity index (χ3n) is 22.1. The first-order chi connectivity index (χ1) is 46.0. The second-order valence-electron chi connectivity index (χ2n) is 29.6. The molecule has 3 nitrogen and oxygen atoms in total. The molecular weight excluding hydrogens is 1160 g/mol. The highest BCUT2D eigenvalue weighted by molar-refractivity contribution is 7.16. The lowest BCUT2D eigenvalue weighted by molar-refractivity contribution is 1.26. The Kier molecular flexibility index (Phi) is 14.3. The molecule has 16 rings (SSSR count). The number of anilines is 3. The fraction of sp³-hybridized carbons (Fsp3) is 0.200. The Morgan fingerprint density at radius 1 is 0.177 bits per heavy atom. The molecule has 0 spiro atoms. The maximum atomic E-state index is 2.87. The van der Waals surface area contributed by atoms with Gasteiger partial charge in [-0.2, -0.15) is 0 Å². The Balaban J connectivity index is 1.04. The van der Waals surface area contributed by atoms with E-state index in [0.29, 0.717) is 0 Å². The van der Waals surface area contributed by atoms with E-state index >= 15 is 0 Å². The molecule has 0 N–H and O–H groups in total. The molecule has 468 valence electrons. The Bertz CT molecular complexity index is 4380. The van der Waals surface area contributed by atoms with E-state index in [9.17, 15) is 0 Å². The summed E-state index contributed by atoms with van der Waals surface area (Å²) >= 11 is 0. The van der Waals surface area contributed by atoms with Crippen LogP contribution in [-0.2, 0) is 0 Å². The molecule has 4 aliphatic heterocycles. The van der Waals surface area contributed by atoms with Gasteiger partial charge in [-0.05, 0) is 346 Å². The lowest BCUT2D eigenvalue weighted by Crippen LogP contribution is -2.88. The molecule has 0 unspecified atom stereocenters. The van der Waals surface area contributed by atoms with Gasteiger partial charge in [0.15, 0.2) is 0 Å². The Labute approximate surface area is 571 Å². The average molecular weight is 1240 g/mol. The van der Waals surface area contributed by atoms with Gasteiger partial charge in [0, 0.05) is 33.8 Å². The van der Waals surface area contributed by atoms with E-state index in [1.165, 1.54) is 234 Å². The van der Waals surface area contributed by atoms with Crippen LogP contribution in [0, 0.1) is 125 Å². The van der Waals surface area contributed by atoms with Crippen LogP contribution < -0.4 is 30.6 Å². The van der Waals surface area contributed by atoms with Crippen LogP contribution in [0.2, 0.25) is 0 Å². The largest absolute Gasteiger partial charge is 0.416 e. The van der Waals surface area contributed by atoms with Crippen molar-refractivity contribution in [3.8, 4) is 100 Å². The highest BCUT2D eigenvalue weighted by atomic mass is 15.3. The SMILES string of the molecule is Cc1cc(C)c(-c2ccc3c(c2)-c2cc(-c4c(C)cc(C)cc4C)ccc2N2B3N3B(c4ccc(-c5c(C)cc(C)cc5C)cc4-c4cc(-c5c(C)cc(C)cc5C)ccc43)N3B2c2ccc(-c4c(C)cc(C)cc4C)cc2-c2cc(-c4c(C)cc(C)cc4C)ccc23)c(C)c1. The molecule has 0 atom stereocenters.